The SMILES string of the molecule is Cc1ccc(Nc2nn(-c3ccccc3)c3c2C(=O)C[C@H](c2ccco2)C3)cc1. The van der Waals surface area contributed by atoms with Crippen LogP contribution in [0.25, 0.3) is 5.69 Å². The van der Waals surface area contributed by atoms with E-state index in [0.29, 0.717) is 24.2 Å². The third-order valence-corrected chi connectivity index (χ3v) is 5.39. The van der Waals surface area contributed by atoms with Crippen molar-refractivity contribution in [2.45, 2.75) is 25.7 Å². The number of aromatic nitrogens is 2. The van der Waals surface area contributed by atoms with Gasteiger partial charge in [0.05, 0.1) is 23.2 Å². The Kier molecular flexibility index (Phi) is 4.28. The predicted molar refractivity (Wildman–Crippen MR) is 112 cm³/mol. The first-order valence-electron chi connectivity index (χ1n) is 9.76. The van der Waals surface area contributed by atoms with Crippen LogP contribution < -0.4 is 5.32 Å². The second-order valence-electron chi connectivity index (χ2n) is 7.45. The number of fused-ring (bicyclic) bond motifs is 1. The first-order chi connectivity index (χ1) is 14.2. The molecule has 1 atom stereocenters. The summed E-state index contributed by atoms with van der Waals surface area (Å²) in [6, 6.07) is 21.8. The maximum Gasteiger partial charge on any atom is 0.169 e. The van der Waals surface area contributed by atoms with Crippen molar-refractivity contribution in [3.8, 4) is 5.69 Å². The van der Waals surface area contributed by atoms with Crippen LogP contribution in [0.4, 0.5) is 11.5 Å². The van der Waals surface area contributed by atoms with Crippen molar-refractivity contribution in [2.75, 3.05) is 5.32 Å². The first-order valence-corrected chi connectivity index (χ1v) is 9.76. The fourth-order valence-electron chi connectivity index (χ4n) is 3.93. The molecule has 2 aromatic carbocycles. The van der Waals surface area contributed by atoms with E-state index in [1.807, 2.05) is 78.3 Å². The third-order valence-electron chi connectivity index (χ3n) is 5.39. The van der Waals surface area contributed by atoms with Crippen LogP contribution in [0.5, 0.6) is 0 Å². The molecule has 0 spiro atoms. The smallest absolute Gasteiger partial charge is 0.169 e. The molecule has 2 aromatic heterocycles. The van der Waals surface area contributed by atoms with Crippen molar-refractivity contribution >= 4 is 17.3 Å². The van der Waals surface area contributed by atoms with Gasteiger partial charge in [-0.05, 0) is 43.3 Å². The maximum atomic E-state index is 13.2. The summed E-state index contributed by atoms with van der Waals surface area (Å²) in [6.07, 6.45) is 2.78. The van der Waals surface area contributed by atoms with Crippen molar-refractivity contribution in [1.29, 1.82) is 0 Å². The molecule has 0 aliphatic heterocycles. The summed E-state index contributed by atoms with van der Waals surface area (Å²) in [7, 11) is 0. The van der Waals surface area contributed by atoms with Gasteiger partial charge in [-0.2, -0.15) is 0 Å². The zero-order chi connectivity index (χ0) is 19.8. The van der Waals surface area contributed by atoms with E-state index < -0.39 is 0 Å². The van der Waals surface area contributed by atoms with Crippen molar-refractivity contribution in [3.05, 3.63) is 95.6 Å². The van der Waals surface area contributed by atoms with Crippen LogP contribution in [0.1, 0.15) is 39.7 Å². The van der Waals surface area contributed by atoms with E-state index in [0.717, 1.165) is 22.8 Å². The molecule has 0 saturated heterocycles. The summed E-state index contributed by atoms with van der Waals surface area (Å²) in [5.74, 6) is 1.56. The minimum Gasteiger partial charge on any atom is -0.469 e. The molecule has 1 aliphatic rings. The molecule has 0 fully saturated rings. The van der Waals surface area contributed by atoms with Gasteiger partial charge in [0.2, 0.25) is 0 Å². The number of hydrogen-bond donors (Lipinski definition) is 1. The van der Waals surface area contributed by atoms with E-state index >= 15 is 0 Å². The highest BCUT2D eigenvalue weighted by Gasteiger charge is 2.34. The molecule has 29 heavy (non-hydrogen) atoms. The van der Waals surface area contributed by atoms with Crippen molar-refractivity contribution in [3.63, 3.8) is 0 Å². The standard InChI is InChI=1S/C24H21N3O2/c1-16-9-11-18(12-10-16)25-24-23-20(27(26-24)19-6-3-2-4-7-19)14-17(15-21(23)28)22-8-5-13-29-22/h2-13,17H,14-15H2,1H3,(H,25,26)/t17-/m1/s1. The molecule has 0 bridgehead atoms. The van der Waals surface area contributed by atoms with Crippen LogP contribution in [-0.4, -0.2) is 15.6 Å². The largest absolute Gasteiger partial charge is 0.469 e. The number of ketones is 1. The summed E-state index contributed by atoms with van der Waals surface area (Å²) in [5.41, 5.74) is 4.64. The van der Waals surface area contributed by atoms with Crippen LogP contribution in [0.3, 0.4) is 0 Å². The van der Waals surface area contributed by atoms with E-state index in [9.17, 15) is 4.79 Å². The van der Waals surface area contributed by atoms with E-state index in [-0.39, 0.29) is 11.7 Å². The Morgan fingerprint density at radius 2 is 1.79 bits per heavy atom. The summed E-state index contributed by atoms with van der Waals surface area (Å²) < 4.78 is 7.49. The van der Waals surface area contributed by atoms with E-state index in [4.69, 9.17) is 9.52 Å². The molecule has 2 heterocycles. The van der Waals surface area contributed by atoms with Gasteiger partial charge in [0, 0.05) is 24.4 Å². The molecule has 0 unspecified atom stereocenters. The summed E-state index contributed by atoms with van der Waals surface area (Å²) in [4.78, 5) is 13.2. The van der Waals surface area contributed by atoms with Gasteiger partial charge in [0.1, 0.15) is 5.76 Å². The van der Waals surface area contributed by atoms with E-state index in [1.54, 1.807) is 6.26 Å². The van der Waals surface area contributed by atoms with Gasteiger partial charge in [-0.15, -0.1) is 5.10 Å². The Bertz CT molecular complexity index is 1140. The monoisotopic (exact) mass is 383 g/mol. The van der Waals surface area contributed by atoms with Crippen LogP contribution in [-0.2, 0) is 6.42 Å². The highest BCUT2D eigenvalue weighted by Crippen LogP contribution is 2.38. The lowest BCUT2D eigenvalue weighted by Crippen LogP contribution is -2.20. The Balaban J connectivity index is 1.60. The lowest BCUT2D eigenvalue weighted by atomic mass is 9.85. The average Bonchev–Trinajstić information content (AvgIpc) is 3.39. The fraction of sp³-hybridized carbons (Fsp3) is 0.167. The number of furan rings is 1. The Morgan fingerprint density at radius 3 is 2.52 bits per heavy atom. The van der Waals surface area contributed by atoms with Crippen molar-refractivity contribution in [1.82, 2.24) is 9.78 Å². The number of Topliss-reactive ketones (excluding diaryl/α,β-unsaturated/α-hetero) is 1. The second-order valence-corrected chi connectivity index (χ2v) is 7.45. The van der Waals surface area contributed by atoms with Gasteiger partial charge in [-0.1, -0.05) is 35.9 Å². The number of benzene rings is 2. The molecule has 0 saturated carbocycles. The number of rotatable bonds is 4. The molecule has 4 aromatic rings. The molecule has 0 radical (unpaired) electrons. The second kappa shape index (κ2) is 7.09. The predicted octanol–water partition coefficient (Wildman–Crippen LogP) is 5.43. The number of anilines is 2. The van der Waals surface area contributed by atoms with E-state index in [1.165, 1.54) is 5.56 Å². The molecule has 1 N–H and O–H groups in total. The van der Waals surface area contributed by atoms with Gasteiger partial charge in [-0.3, -0.25) is 4.79 Å². The summed E-state index contributed by atoms with van der Waals surface area (Å²) >= 11 is 0. The minimum absolute atomic E-state index is 0.0244. The molecule has 5 nitrogen and oxygen atoms in total. The zero-order valence-corrected chi connectivity index (χ0v) is 16.1. The van der Waals surface area contributed by atoms with Crippen LogP contribution in [0, 0.1) is 6.92 Å². The van der Waals surface area contributed by atoms with Crippen molar-refractivity contribution in [2.24, 2.45) is 0 Å². The highest BCUT2D eigenvalue weighted by molar-refractivity contribution is 6.03. The Hall–Kier alpha value is -3.60. The normalized spacial score (nSPS) is 15.9. The van der Waals surface area contributed by atoms with Gasteiger partial charge in [0.25, 0.3) is 0 Å². The van der Waals surface area contributed by atoms with E-state index in [2.05, 4.69) is 5.32 Å². The van der Waals surface area contributed by atoms with Gasteiger partial charge in [0.15, 0.2) is 11.6 Å². The van der Waals surface area contributed by atoms with Crippen LogP contribution >= 0.6 is 0 Å². The Labute approximate surface area is 169 Å². The average molecular weight is 383 g/mol. The lowest BCUT2D eigenvalue weighted by molar-refractivity contribution is 0.0960. The summed E-state index contributed by atoms with van der Waals surface area (Å²) in [6.45, 7) is 2.05. The quantitative estimate of drug-likeness (QED) is 0.510. The highest BCUT2D eigenvalue weighted by atomic mass is 16.3. The minimum atomic E-state index is 0.0244. The number of hydrogen-bond acceptors (Lipinski definition) is 4. The number of carbonyl (C=O) groups excluding carboxylic acids is 1. The molecular formula is C24H21N3O2. The number of nitrogens with zero attached hydrogens (tertiary/aromatic N) is 2. The number of carbonyl (C=O) groups is 1. The molecule has 1 aliphatic carbocycles. The van der Waals surface area contributed by atoms with Gasteiger partial charge < -0.3 is 9.73 Å². The van der Waals surface area contributed by atoms with Crippen LogP contribution in [0.2, 0.25) is 0 Å². The summed E-state index contributed by atoms with van der Waals surface area (Å²) in [5, 5.41) is 8.15. The van der Waals surface area contributed by atoms with Crippen LogP contribution in [0.15, 0.2) is 77.4 Å². The third kappa shape index (κ3) is 3.25. The molecular weight excluding hydrogens is 362 g/mol. The fourth-order valence-corrected chi connectivity index (χ4v) is 3.93. The zero-order valence-electron chi connectivity index (χ0n) is 16.1. The molecule has 5 rings (SSSR count). The van der Waals surface area contributed by atoms with Gasteiger partial charge >= 0.3 is 0 Å². The number of para-hydroxylation sites is 1. The topological polar surface area (TPSA) is 60.1 Å². The van der Waals surface area contributed by atoms with Crippen molar-refractivity contribution < 1.29 is 9.21 Å². The molecule has 5 heteroatoms. The molecule has 144 valence electrons. The Morgan fingerprint density at radius 1 is 1.00 bits per heavy atom. The number of nitrogens with one attached hydrogen (secondary N) is 1. The van der Waals surface area contributed by atoms with Gasteiger partial charge in [-0.25, -0.2) is 4.68 Å². The first kappa shape index (κ1) is 17.5. The number of aryl methyl sites for hydroxylation is 1. The maximum absolute atomic E-state index is 13.2. The lowest BCUT2D eigenvalue weighted by Gasteiger charge is -2.21. The molecule has 0 amide bonds.